The highest BCUT2D eigenvalue weighted by Gasteiger charge is 2.42. The second-order valence-electron chi connectivity index (χ2n) is 5.74. The normalized spacial score (nSPS) is 11.7. The van der Waals surface area contributed by atoms with Crippen LogP contribution < -0.4 is 0 Å². The Morgan fingerprint density at radius 3 is 1.75 bits per heavy atom. The van der Waals surface area contributed by atoms with Gasteiger partial charge in [-0.2, -0.15) is 15.8 Å². The van der Waals surface area contributed by atoms with E-state index in [0.717, 1.165) is 24.0 Å². The van der Waals surface area contributed by atoms with Crippen LogP contribution in [0.2, 0.25) is 0 Å². The van der Waals surface area contributed by atoms with Crippen molar-refractivity contribution in [3.05, 3.63) is 71.8 Å². The summed E-state index contributed by atoms with van der Waals surface area (Å²) >= 11 is 0. The highest BCUT2D eigenvalue weighted by Crippen LogP contribution is 2.41. The van der Waals surface area contributed by atoms with Crippen molar-refractivity contribution in [3.8, 4) is 18.2 Å². The van der Waals surface area contributed by atoms with Crippen molar-refractivity contribution in [2.45, 2.75) is 31.1 Å². The molecule has 2 aromatic rings. The fraction of sp³-hybridized carbons (Fsp3) is 0.286. The molecule has 1 atom stereocenters. The predicted molar refractivity (Wildman–Crippen MR) is 92.5 cm³/mol. The Labute approximate surface area is 143 Å². The van der Waals surface area contributed by atoms with E-state index in [1.54, 1.807) is 0 Å². The van der Waals surface area contributed by atoms with Crippen molar-refractivity contribution in [2.75, 3.05) is 0 Å². The molecule has 0 saturated carbocycles. The van der Waals surface area contributed by atoms with Crippen LogP contribution in [0.1, 0.15) is 36.8 Å². The van der Waals surface area contributed by atoms with Gasteiger partial charge in [-0.05, 0) is 24.0 Å². The SMILES string of the molecule is N#CCCCCC(C#N)C(C#N)(c1ccccc1)c1ccccc1. The number of nitriles is 3. The molecule has 0 N–H and O–H groups in total. The Morgan fingerprint density at radius 2 is 1.33 bits per heavy atom. The van der Waals surface area contributed by atoms with Gasteiger partial charge in [0.25, 0.3) is 0 Å². The van der Waals surface area contributed by atoms with E-state index in [-0.39, 0.29) is 0 Å². The van der Waals surface area contributed by atoms with Gasteiger partial charge >= 0.3 is 0 Å². The van der Waals surface area contributed by atoms with Crippen LogP contribution in [0.4, 0.5) is 0 Å². The maximum absolute atomic E-state index is 10.1. The van der Waals surface area contributed by atoms with Gasteiger partial charge in [0.2, 0.25) is 0 Å². The second kappa shape index (κ2) is 8.52. The molecular formula is C21H19N3. The molecule has 0 aromatic heterocycles. The first-order chi connectivity index (χ1) is 11.8. The zero-order valence-electron chi connectivity index (χ0n) is 13.5. The number of benzene rings is 2. The van der Waals surface area contributed by atoms with Crippen LogP contribution in [-0.4, -0.2) is 0 Å². The topological polar surface area (TPSA) is 71.4 Å². The minimum Gasteiger partial charge on any atom is -0.198 e. The summed E-state index contributed by atoms with van der Waals surface area (Å²) in [6, 6.07) is 26.0. The molecule has 0 fully saturated rings. The fourth-order valence-electron chi connectivity index (χ4n) is 3.11. The number of rotatable bonds is 7. The largest absolute Gasteiger partial charge is 0.198 e. The summed E-state index contributed by atoms with van der Waals surface area (Å²) in [6.07, 6.45) is 2.58. The Morgan fingerprint density at radius 1 is 0.792 bits per heavy atom. The highest BCUT2D eigenvalue weighted by molar-refractivity contribution is 5.48. The second-order valence-corrected chi connectivity index (χ2v) is 5.74. The summed E-state index contributed by atoms with van der Waals surface area (Å²) in [6.45, 7) is 0. The number of hydrogen-bond donors (Lipinski definition) is 0. The van der Waals surface area contributed by atoms with Gasteiger partial charge in [0, 0.05) is 6.42 Å². The number of unbranched alkanes of at least 4 members (excludes halogenated alkanes) is 2. The lowest BCUT2D eigenvalue weighted by Crippen LogP contribution is -2.34. The number of nitrogens with zero attached hydrogens (tertiary/aromatic N) is 3. The van der Waals surface area contributed by atoms with Gasteiger partial charge in [-0.25, -0.2) is 0 Å². The van der Waals surface area contributed by atoms with Gasteiger partial charge in [0.1, 0.15) is 5.41 Å². The van der Waals surface area contributed by atoms with Crippen LogP contribution >= 0.6 is 0 Å². The van der Waals surface area contributed by atoms with Crippen LogP contribution in [0.15, 0.2) is 60.7 Å². The molecule has 118 valence electrons. The average Bonchev–Trinajstić information content (AvgIpc) is 2.66. The third-order valence-corrected chi connectivity index (χ3v) is 4.34. The summed E-state index contributed by atoms with van der Waals surface area (Å²) in [7, 11) is 0. The molecule has 0 aliphatic heterocycles. The molecule has 0 heterocycles. The molecule has 0 saturated heterocycles. The molecule has 3 nitrogen and oxygen atoms in total. The monoisotopic (exact) mass is 313 g/mol. The van der Waals surface area contributed by atoms with Crippen LogP contribution in [-0.2, 0) is 5.41 Å². The quantitative estimate of drug-likeness (QED) is 0.694. The first-order valence-electron chi connectivity index (χ1n) is 8.08. The lowest BCUT2D eigenvalue weighted by molar-refractivity contribution is 0.434. The first kappa shape index (κ1) is 17.3. The van der Waals surface area contributed by atoms with Gasteiger partial charge in [0.05, 0.1) is 24.1 Å². The summed E-state index contributed by atoms with van der Waals surface area (Å²) in [4.78, 5) is 0. The molecular weight excluding hydrogens is 294 g/mol. The zero-order chi connectivity index (χ0) is 17.3. The maximum atomic E-state index is 10.1. The summed E-state index contributed by atoms with van der Waals surface area (Å²) in [5.74, 6) is -0.467. The van der Waals surface area contributed by atoms with Crippen LogP contribution in [0.3, 0.4) is 0 Å². The molecule has 2 rings (SSSR count). The lowest BCUT2D eigenvalue weighted by Gasteiger charge is -2.32. The van der Waals surface area contributed by atoms with Crippen molar-refractivity contribution < 1.29 is 0 Å². The molecule has 0 aliphatic rings. The van der Waals surface area contributed by atoms with Crippen molar-refractivity contribution in [3.63, 3.8) is 0 Å². The van der Waals surface area contributed by atoms with E-state index in [0.29, 0.717) is 12.8 Å². The van der Waals surface area contributed by atoms with E-state index >= 15 is 0 Å². The molecule has 24 heavy (non-hydrogen) atoms. The minimum absolute atomic E-state index is 0.467. The van der Waals surface area contributed by atoms with Crippen molar-refractivity contribution in [2.24, 2.45) is 5.92 Å². The van der Waals surface area contributed by atoms with Crippen molar-refractivity contribution >= 4 is 0 Å². The van der Waals surface area contributed by atoms with E-state index in [1.165, 1.54) is 0 Å². The Balaban J connectivity index is 2.48. The zero-order valence-corrected chi connectivity index (χ0v) is 13.5. The predicted octanol–water partition coefficient (Wildman–Crippen LogP) is 4.72. The highest BCUT2D eigenvalue weighted by atomic mass is 14.5. The molecule has 1 unspecified atom stereocenters. The molecule has 0 spiro atoms. The lowest BCUT2D eigenvalue weighted by atomic mass is 9.66. The standard InChI is InChI=1S/C21H19N3/c22-15-9-3-8-14-20(16-23)21(17-24,18-10-4-1-5-11-18)19-12-6-2-7-13-19/h1-2,4-7,10-13,20H,3,8-9,14H2. The number of hydrogen-bond acceptors (Lipinski definition) is 3. The third kappa shape index (κ3) is 3.45. The molecule has 0 radical (unpaired) electrons. The van der Waals surface area contributed by atoms with Gasteiger partial charge in [-0.15, -0.1) is 0 Å². The van der Waals surface area contributed by atoms with E-state index in [4.69, 9.17) is 5.26 Å². The van der Waals surface area contributed by atoms with Gasteiger partial charge < -0.3 is 0 Å². The van der Waals surface area contributed by atoms with Crippen LogP contribution in [0.5, 0.6) is 0 Å². The Kier molecular flexibility index (Phi) is 6.13. The maximum Gasteiger partial charge on any atom is 0.123 e. The van der Waals surface area contributed by atoms with Crippen LogP contribution in [0.25, 0.3) is 0 Å². The molecule has 3 heteroatoms. The summed E-state index contributed by atoms with van der Waals surface area (Å²) in [5, 5.41) is 28.6. The van der Waals surface area contributed by atoms with Crippen molar-refractivity contribution in [1.29, 1.82) is 15.8 Å². The molecule has 0 bridgehead atoms. The molecule has 2 aromatic carbocycles. The van der Waals surface area contributed by atoms with Crippen molar-refractivity contribution in [1.82, 2.24) is 0 Å². The first-order valence-corrected chi connectivity index (χ1v) is 8.08. The smallest absolute Gasteiger partial charge is 0.123 e. The van der Waals surface area contributed by atoms with Gasteiger partial charge in [-0.3, -0.25) is 0 Å². The molecule has 0 amide bonds. The van der Waals surface area contributed by atoms with E-state index in [1.807, 2.05) is 60.7 Å². The Hall–Kier alpha value is -3.09. The van der Waals surface area contributed by atoms with E-state index in [2.05, 4.69) is 18.2 Å². The van der Waals surface area contributed by atoms with Crippen LogP contribution in [0, 0.1) is 39.9 Å². The average molecular weight is 313 g/mol. The van der Waals surface area contributed by atoms with E-state index in [9.17, 15) is 10.5 Å². The minimum atomic E-state index is -0.996. The van der Waals surface area contributed by atoms with Gasteiger partial charge in [-0.1, -0.05) is 67.1 Å². The third-order valence-electron chi connectivity index (χ3n) is 4.34. The summed E-state index contributed by atoms with van der Waals surface area (Å²) in [5.41, 5.74) is 0.681. The fourth-order valence-corrected chi connectivity index (χ4v) is 3.11. The van der Waals surface area contributed by atoms with Gasteiger partial charge in [0.15, 0.2) is 0 Å². The Bertz CT molecular complexity index is 721. The molecule has 0 aliphatic carbocycles. The van der Waals surface area contributed by atoms with E-state index < -0.39 is 11.3 Å². The summed E-state index contributed by atoms with van der Waals surface area (Å²) < 4.78 is 0.